The number of hydrogen-bond donors (Lipinski definition) is 1. The van der Waals surface area contributed by atoms with E-state index >= 15 is 0 Å². The Morgan fingerprint density at radius 1 is 1.03 bits per heavy atom. The summed E-state index contributed by atoms with van der Waals surface area (Å²) < 4.78 is 5.48. The first-order valence-corrected chi connectivity index (χ1v) is 11.4. The normalized spacial score (nSPS) is 18.5. The second-order valence-corrected chi connectivity index (χ2v) is 8.90. The van der Waals surface area contributed by atoms with Gasteiger partial charge in [-0.1, -0.05) is 23.7 Å². The first-order chi connectivity index (χ1) is 15.2. The van der Waals surface area contributed by atoms with Crippen LogP contribution in [0.15, 0.2) is 42.6 Å². The lowest BCUT2D eigenvalue weighted by Crippen LogP contribution is -2.43. The molecule has 0 atom stereocenters. The van der Waals surface area contributed by atoms with Crippen LogP contribution in [0.2, 0.25) is 5.02 Å². The van der Waals surface area contributed by atoms with Gasteiger partial charge in [0.2, 0.25) is 0 Å². The smallest absolute Gasteiger partial charge is 0.134 e. The molecule has 1 aromatic heterocycles. The van der Waals surface area contributed by atoms with E-state index in [1.54, 1.807) is 18.3 Å². The molecule has 5 rings (SSSR count). The van der Waals surface area contributed by atoms with Gasteiger partial charge in [0, 0.05) is 50.4 Å². The van der Waals surface area contributed by atoms with E-state index < -0.39 is 0 Å². The van der Waals surface area contributed by atoms with E-state index in [2.05, 4.69) is 33.0 Å². The molecule has 1 N–H and O–H groups in total. The Morgan fingerprint density at radius 3 is 2.55 bits per heavy atom. The van der Waals surface area contributed by atoms with Crippen molar-refractivity contribution in [2.75, 3.05) is 50.8 Å². The van der Waals surface area contributed by atoms with Crippen LogP contribution >= 0.6 is 11.6 Å². The number of rotatable bonds is 4. The van der Waals surface area contributed by atoms with Gasteiger partial charge in [0.15, 0.2) is 0 Å². The van der Waals surface area contributed by atoms with E-state index in [1.165, 1.54) is 19.4 Å². The Balaban J connectivity index is 1.35. The van der Waals surface area contributed by atoms with E-state index in [9.17, 15) is 5.11 Å². The van der Waals surface area contributed by atoms with Crippen molar-refractivity contribution in [3.8, 4) is 16.9 Å². The second-order valence-electron chi connectivity index (χ2n) is 8.49. The molecule has 5 nitrogen and oxygen atoms in total. The number of anilines is 1. The Hall–Kier alpha value is -2.34. The maximum Gasteiger partial charge on any atom is 0.134 e. The first kappa shape index (κ1) is 20.6. The van der Waals surface area contributed by atoms with Gasteiger partial charge in [-0.25, -0.2) is 0 Å². The van der Waals surface area contributed by atoms with Gasteiger partial charge in [-0.2, -0.15) is 0 Å². The Kier molecular flexibility index (Phi) is 5.99. The number of phenolic OH excluding ortho intramolecular Hbond substituents is 1. The third kappa shape index (κ3) is 4.49. The van der Waals surface area contributed by atoms with Gasteiger partial charge in [0.25, 0.3) is 0 Å². The lowest BCUT2D eigenvalue weighted by atomic mass is 9.95. The van der Waals surface area contributed by atoms with Crippen LogP contribution in [0, 0.1) is 12.0 Å². The summed E-state index contributed by atoms with van der Waals surface area (Å²) in [5.74, 6) is 0.846. The summed E-state index contributed by atoms with van der Waals surface area (Å²) in [6, 6.07) is 15.0. The van der Waals surface area contributed by atoms with Crippen molar-refractivity contribution < 1.29 is 9.84 Å². The van der Waals surface area contributed by atoms with Gasteiger partial charge in [-0.05, 0) is 54.2 Å². The number of nitrogens with zero attached hydrogens (tertiary/aromatic N) is 3. The minimum Gasteiger partial charge on any atom is -0.506 e. The molecule has 3 aromatic rings. The predicted octanol–water partition coefficient (Wildman–Crippen LogP) is 4.61. The lowest BCUT2D eigenvalue weighted by Gasteiger charge is -2.37. The molecule has 2 fully saturated rings. The molecule has 0 unspecified atom stereocenters. The van der Waals surface area contributed by atoms with Crippen LogP contribution in [0.3, 0.4) is 0 Å². The van der Waals surface area contributed by atoms with E-state index in [0.29, 0.717) is 5.02 Å². The highest BCUT2D eigenvalue weighted by Gasteiger charge is 2.23. The number of hydrogen-bond acceptors (Lipinski definition) is 5. The molecule has 6 heteroatoms. The Morgan fingerprint density at radius 2 is 1.77 bits per heavy atom. The SMILES string of the molecule is Oc1ccc(-c2ccc3nc[c]c(N4CCC(CN5CCOCC5)CC4)c3c2)cc1Cl. The number of aromatic hydroxyl groups is 1. The van der Waals surface area contributed by atoms with Crippen molar-refractivity contribution in [2.45, 2.75) is 12.8 Å². The van der Waals surface area contributed by atoms with Gasteiger partial charge in [-0.15, -0.1) is 0 Å². The maximum atomic E-state index is 9.74. The van der Waals surface area contributed by atoms with Crippen LogP contribution in [-0.2, 0) is 4.74 Å². The molecule has 0 amide bonds. The molecule has 3 heterocycles. The summed E-state index contributed by atoms with van der Waals surface area (Å²) in [5.41, 5.74) is 4.13. The first-order valence-electron chi connectivity index (χ1n) is 11.0. The zero-order valence-corrected chi connectivity index (χ0v) is 18.3. The molecule has 2 aliphatic rings. The molecule has 0 spiro atoms. The van der Waals surface area contributed by atoms with Gasteiger partial charge < -0.3 is 14.7 Å². The number of aromatic nitrogens is 1. The standard InChI is InChI=1S/C25H27ClN3O2/c26-22-16-20(2-4-25(22)30)19-1-3-23-21(15-19)24(5-8-27-23)29-9-6-18(7-10-29)17-28-11-13-31-14-12-28/h1-4,8,15-16,18,30H,6-7,9-14,17H2. The number of ether oxygens (including phenoxy) is 1. The molecule has 2 saturated heterocycles. The zero-order valence-electron chi connectivity index (χ0n) is 17.6. The van der Waals surface area contributed by atoms with Crippen LogP contribution in [-0.4, -0.2) is 60.9 Å². The number of pyridine rings is 1. The topological polar surface area (TPSA) is 48.8 Å². The molecule has 0 bridgehead atoms. The summed E-state index contributed by atoms with van der Waals surface area (Å²) in [6.45, 7) is 7.13. The number of benzene rings is 2. The van der Waals surface area contributed by atoms with Crippen molar-refractivity contribution in [1.29, 1.82) is 0 Å². The van der Waals surface area contributed by atoms with E-state index in [4.69, 9.17) is 16.3 Å². The molecule has 2 aliphatic heterocycles. The van der Waals surface area contributed by atoms with Crippen LogP contribution in [0.5, 0.6) is 5.75 Å². The largest absolute Gasteiger partial charge is 0.506 e. The lowest BCUT2D eigenvalue weighted by molar-refractivity contribution is 0.0289. The fourth-order valence-electron chi connectivity index (χ4n) is 4.69. The zero-order chi connectivity index (χ0) is 21.2. The average molecular weight is 437 g/mol. The van der Waals surface area contributed by atoms with Crippen LogP contribution in [0.4, 0.5) is 5.69 Å². The molecule has 0 aliphatic carbocycles. The van der Waals surface area contributed by atoms with E-state index in [0.717, 1.165) is 73.0 Å². The average Bonchev–Trinajstić information content (AvgIpc) is 2.81. The minimum absolute atomic E-state index is 0.0989. The third-order valence-electron chi connectivity index (χ3n) is 6.49. The Labute approximate surface area is 188 Å². The molecule has 161 valence electrons. The van der Waals surface area contributed by atoms with Crippen LogP contribution in [0.1, 0.15) is 12.8 Å². The molecular weight excluding hydrogens is 410 g/mol. The maximum absolute atomic E-state index is 9.74. The van der Waals surface area contributed by atoms with Crippen molar-refractivity contribution in [3.05, 3.63) is 53.7 Å². The highest BCUT2D eigenvalue weighted by Crippen LogP contribution is 2.34. The fraction of sp³-hybridized carbons (Fsp3) is 0.400. The van der Waals surface area contributed by atoms with Gasteiger partial charge >= 0.3 is 0 Å². The monoisotopic (exact) mass is 436 g/mol. The number of morpholine rings is 1. The summed E-state index contributed by atoms with van der Waals surface area (Å²) in [4.78, 5) is 9.53. The molecular formula is C25H27ClN3O2. The number of halogens is 1. The predicted molar refractivity (Wildman–Crippen MR) is 125 cm³/mol. The number of piperidine rings is 1. The van der Waals surface area contributed by atoms with Crippen molar-refractivity contribution in [3.63, 3.8) is 0 Å². The number of phenols is 1. The van der Waals surface area contributed by atoms with Crippen molar-refractivity contribution in [1.82, 2.24) is 9.88 Å². The third-order valence-corrected chi connectivity index (χ3v) is 6.79. The van der Waals surface area contributed by atoms with E-state index in [-0.39, 0.29) is 5.75 Å². The minimum atomic E-state index is 0.0989. The Bertz CT molecular complexity index is 1060. The number of fused-ring (bicyclic) bond motifs is 1. The second kappa shape index (κ2) is 9.03. The van der Waals surface area contributed by atoms with Crippen molar-refractivity contribution in [2.24, 2.45) is 5.92 Å². The van der Waals surface area contributed by atoms with E-state index in [1.807, 2.05) is 12.1 Å². The van der Waals surface area contributed by atoms with Crippen LogP contribution < -0.4 is 4.90 Å². The quantitative estimate of drug-likeness (QED) is 0.647. The molecule has 2 aromatic carbocycles. The van der Waals surface area contributed by atoms with Crippen LogP contribution in [0.25, 0.3) is 22.0 Å². The van der Waals surface area contributed by atoms with Crippen molar-refractivity contribution >= 4 is 28.2 Å². The molecule has 31 heavy (non-hydrogen) atoms. The van der Waals surface area contributed by atoms with Gasteiger partial charge in [0.1, 0.15) is 5.75 Å². The summed E-state index contributed by atoms with van der Waals surface area (Å²) in [5, 5.41) is 11.2. The fourth-order valence-corrected chi connectivity index (χ4v) is 4.88. The van der Waals surface area contributed by atoms with Gasteiger partial charge in [-0.3, -0.25) is 9.88 Å². The highest BCUT2D eigenvalue weighted by atomic mass is 35.5. The van der Waals surface area contributed by atoms with Gasteiger partial charge in [0.05, 0.1) is 29.4 Å². The summed E-state index contributed by atoms with van der Waals surface area (Å²) >= 11 is 6.13. The molecule has 0 saturated carbocycles. The summed E-state index contributed by atoms with van der Waals surface area (Å²) in [6.07, 6.45) is 4.18. The highest BCUT2D eigenvalue weighted by molar-refractivity contribution is 6.32. The molecule has 1 radical (unpaired) electrons. The summed E-state index contributed by atoms with van der Waals surface area (Å²) in [7, 11) is 0.